The van der Waals surface area contributed by atoms with Crippen LogP contribution in [0, 0.1) is 17.6 Å². The number of nitrogen functional groups attached to an aromatic ring is 1. The molecule has 2 rings (SSSR count). The number of aliphatic hydroxyl groups is 1. The molecule has 0 saturated heterocycles. The molecule has 1 aliphatic rings. The molecule has 0 amide bonds. The molecular weight excluding hydrogens is 214 g/mol. The zero-order chi connectivity index (χ0) is 11.7. The Morgan fingerprint density at radius 2 is 2.12 bits per heavy atom. The van der Waals surface area contributed by atoms with Gasteiger partial charge in [-0.05, 0) is 24.8 Å². The van der Waals surface area contributed by atoms with Gasteiger partial charge in [0.15, 0.2) is 5.82 Å². The van der Waals surface area contributed by atoms with Gasteiger partial charge in [-0.15, -0.1) is 0 Å². The summed E-state index contributed by atoms with van der Waals surface area (Å²) in [6, 6.07) is 1.86. The molecule has 1 atom stereocenters. The van der Waals surface area contributed by atoms with Gasteiger partial charge in [0.1, 0.15) is 5.82 Å². The first-order valence-corrected chi connectivity index (χ1v) is 5.24. The smallest absolute Gasteiger partial charge is 0.151 e. The Kier molecular flexibility index (Phi) is 2.96. The molecule has 0 aliphatic heterocycles. The van der Waals surface area contributed by atoms with Crippen molar-refractivity contribution in [2.45, 2.75) is 18.9 Å². The molecule has 1 aromatic carbocycles. The number of nitrogens with one attached hydrogen (secondary N) is 1. The number of halogens is 2. The zero-order valence-corrected chi connectivity index (χ0v) is 8.71. The van der Waals surface area contributed by atoms with Crippen molar-refractivity contribution < 1.29 is 13.9 Å². The number of rotatable bonds is 4. The summed E-state index contributed by atoms with van der Waals surface area (Å²) in [4.78, 5) is 0. The largest absolute Gasteiger partial charge is 0.395 e. The third-order valence-electron chi connectivity index (χ3n) is 2.76. The van der Waals surface area contributed by atoms with Crippen molar-refractivity contribution in [1.82, 2.24) is 0 Å². The molecule has 0 spiro atoms. The quantitative estimate of drug-likeness (QED) is 0.688. The van der Waals surface area contributed by atoms with E-state index in [0.717, 1.165) is 25.0 Å². The number of hydrogen-bond acceptors (Lipinski definition) is 3. The summed E-state index contributed by atoms with van der Waals surface area (Å²) in [6.45, 7) is 0.262. The van der Waals surface area contributed by atoms with Crippen molar-refractivity contribution in [3.8, 4) is 0 Å². The predicted molar refractivity (Wildman–Crippen MR) is 58.0 cm³/mol. The maximum absolute atomic E-state index is 13.1. The van der Waals surface area contributed by atoms with Crippen molar-refractivity contribution in [2.24, 2.45) is 5.92 Å². The fraction of sp³-hybridized carbons (Fsp3) is 0.455. The lowest BCUT2D eigenvalue weighted by atomic mass is 10.2. The Morgan fingerprint density at radius 1 is 1.44 bits per heavy atom. The van der Waals surface area contributed by atoms with Crippen LogP contribution < -0.4 is 11.1 Å². The summed E-state index contributed by atoms with van der Waals surface area (Å²) in [7, 11) is 0. The topological polar surface area (TPSA) is 58.3 Å². The van der Waals surface area contributed by atoms with Crippen LogP contribution in [0.3, 0.4) is 0 Å². The minimum Gasteiger partial charge on any atom is -0.395 e. The standard InChI is InChI=1S/C11H14F2N2O/c12-7-3-8(13)11(14)9(4-7)15-5-10(16)6-1-2-6/h3-4,6,10,15-16H,1-2,5,14H2. The van der Waals surface area contributed by atoms with Crippen LogP contribution in [0.2, 0.25) is 0 Å². The van der Waals surface area contributed by atoms with Gasteiger partial charge in [-0.3, -0.25) is 0 Å². The van der Waals surface area contributed by atoms with Gasteiger partial charge in [-0.25, -0.2) is 8.78 Å². The van der Waals surface area contributed by atoms with Crippen LogP contribution >= 0.6 is 0 Å². The van der Waals surface area contributed by atoms with Crippen LogP contribution in [0.4, 0.5) is 20.2 Å². The fourth-order valence-corrected chi connectivity index (χ4v) is 1.59. The lowest BCUT2D eigenvalue weighted by molar-refractivity contribution is 0.164. The summed E-state index contributed by atoms with van der Waals surface area (Å²) in [5, 5.41) is 12.3. The van der Waals surface area contributed by atoms with Gasteiger partial charge in [0, 0.05) is 12.6 Å². The van der Waals surface area contributed by atoms with Crippen LogP contribution in [0.5, 0.6) is 0 Å². The lowest BCUT2D eigenvalue weighted by Crippen LogP contribution is -2.22. The number of anilines is 2. The third-order valence-corrected chi connectivity index (χ3v) is 2.76. The molecule has 3 nitrogen and oxygen atoms in total. The van der Waals surface area contributed by atoms with Crippen LogP contribution in [-0.4, -0.2) is 17.8 Å². The Balaban J connectivity index is 2.02. The van der Waals surface area contributed by atoms with Crippen molar-refractivity contribution in [1.29, 1.82) is 0 Å². The van der Waals surface area contributed by atoms with Crippen LogP contribution in [0.25, 0.3) is 0 Å². The molecule has 0 heterocycles. The van der Waals surface area contributed by atoms with E-state index in [1.807, 2.05) is 0 Å². The van der Waals surface area contributed by atoms with Gasteiger partial charge in [0.25, 0.3) is 0 Å². The predicted octanol–water partition coefficient (Wildman–Crippen LogP) is 1.73. The first kappa shape index (κ1) is 11.1. The van der Waals surface area contributed by atoms with Crippen molar-refractivity contribution in [3.05, 3.63) is 23.8 Å². The van der Waals surface area contributed by atoms with E-state index in [1.54, 1.807) is 0 Å². The van der Waals surface area contributed by atoms with Gasteiger partial charge in [0.05, 0.1) is 17.5 Å². The van der Waals surface area contributed by atoms with E-state index in [1.165, 1.54) is 0 Å². The molecule has 1 fully saturated rings. The molecule has 0 aromatic heterocycles. The highest BCUT2D eigenvalue weighted by molar-refractivity contribution is 5.66. The van der Waals surface area contributed by atoms with Gasteiger partial charge >= 0.3 is 0 Å². The van der Waals surface area contributed by atoms with Crippen molar-refractivity contribution in [2.75, 3.05) is 17.6 Å². The van der Waals surface area contributed by atoms with Crippen molar-refractivity contribution >= 4 is 11.4 Å². The molecule has 0 bridgehead atoms. The molecular formula is C11H14F2N2O. The summed E-state index contributed by atoms with van der Waals surface area (Å²) in [5.41, 5.74) is 5.51. The van der Waals surface area contributed by atoms with Gasteiger partial charge < -0.3 is 16.2 Å². The lowest BCUT2D eigenvalue weighted by Gasteiger charge is -2.13. The van der Waals surface area contributed by atoms with Gasteiger partial charge in [-0.1, -0.05) is 0 Å². The zero-order valence-electron chi connectivity index (χ0n) is 8.71. The second kappa shape index (κ2) is 4.25. The molecule has 16 heavy (non-hydrogen) atoms. The van der Waals surface area contributed by atoms with E-state index >= 15 is 0 Å². The summed E-state index contributed by atoms with van der Waals surface area (Å²) in [6.07, 6.45) is 1.54. The van der Waals surface area contributed by atoms with E-state index < -0.39 is 17.7 Å². The Labute approximate surface area is 92.3 Å². The van der Waals surface area contributed by atoms with E-state index in [-0.39, 0.29) is 17.9 Å². The monoisotopic (exact) mass is 228 g/mol. The van der Waals surface area contributed by atoms with Crippen LogP contribution in [-0.2, 0) is 0 Å². The summed E-state index contributed by atoms with van der Waals surface area (Å²) in [5.74, 6) is -1.16. The Hall–Kier alpha value is -1.36. The van der Waals surface area contributed by atoms with E-state index in [9.17, 15) is 13.9 Å². The van der Waals surface area contributed by atoms with E-state index in [4.69, 9.17) is 5.73 Å². The van der Waals surface area contributed by atoms with Crippen LogP contribution in [0.15, 0.2) is 12.1 Å². The van der Waals surface area contributed by atoms with E-state index in [0.29, 0.717) is 5.92 Å². The normalized spacial score (nSPS) is 17.2. The molecule has 5 heteroatoms. The molecule has 1 unspecified atom stereocenters. The fourth-order valence-electron chi connectivity index (χ4n) is 1.59. The first-order valence-electron chi connectivity index (χ1n) is 5.24. The number of nitrogens with two attached hydrogens (primary N) is 1. The second-order valence-corrected chi connectivity index (χ2v) is 4.13. The highest BCUT2D eigenvalue weighted by Gasteiger charge is 2.29. The average molecular weight is 228 g/mol. The maximum Gasteiger partial charge on any atom is 0.151 e. The molecule has 0 radical (unpaired) electrons. The Morgan fingerprint density at radius 3 is 2.75 bits per heavy atom. The third kappa shape index (κ3) is 2.41. The molecule has 4 N–H and O–H groups in total. The molecule has 88 valence electrons. The minimum absolute atomic E-state index is 0.121. The van der Waals surface area contributed by atoms with Gasteiger partial charge in [-0.2, -0.15) is 0 Å². The maximum atomic E-state index is 13.1. The Bertz CT molecular complexity index is 394. The second-order valence-electron chi connectivity index (χ2n) is 4.13. The molecule has 1 aliphatic carbocycles. The SMILES string of the molecule is Nc1c(F)cc(F)cc1NCC(O)C1CC1. The summed E-state index contributed by atoms with van der Waals surface area (Å²) >= 11 is 0. The minimum atomic E-state index is -0.789. The van der Waals surface area contributed by atoms with Crippen molar-refractivity contribution in [3.63, 3.8) is 0 Å². The molecule has 1 saturated carbocycles. The summed E-state index contributed by atoms with van der Waals surface area (Å²) < 4.78 is 26.0. The van der Waals surface area contributed by atoms with Gasteiger partial charge in [0.2, 0.25) is 0 Å². The van der Waals surface area contributed by atoms with E-state index in [2.05, 4.69) is 5.32 Å². The molecule has 1 aromatic rings. The highest BCUT2D eigenvalue weighted by atomic mass is 19.1. The highest BCUT2D eigenvalue weighted by Crippen LogP contribution is 2.33. The number of aliphatic hydroxyl groups excluding tert-OH is 1. The number of benzene rings is 1. The first-order chi connectivity index (χ1) is 7.58. The van der Waals surface area contributed by atoms with Crippen LogP contribution in [0.1, 0.15) is 12.8 Å². The average Bonchev–Trinajstić information content (AvgIpc) is 3.04. The number of hydrogen-bond donors (Lipinski definition) is 3.